The van der Waals surface area contributed by atoms with Crippen LogP contribution >= 0.6 is 81.2 Å². The zero-order chi connectivity index (χ0) is 77.0. The molecular weight excluding hydrogens is 1580 g/mol. The maximum absolute atomic E-state index is 12.7. The SMILES string of the molecule is O=C(CCl)NC[C@H]1O[C@@H]2O[C@H]3[C@H](O)[C@@H](O)[C@@H](O[C@H]4[C@H](O)[C@@H](O)[C@@H](O[C@H]5[C@H](O)[C@@H](O)[C@@H](O[C@H]6[C@H](O)[C@@H](O)[C@@H](O[C@H]7[C@H](O)[C@@H](O)[C@@H](O[C@H]8[C@H](O)[C@@H](O)[C@@H](O[C@H]1[C@H](O)[C@H]2O)O[C@@H]8CNC(=O)CCl)O[C@@H]7CNC(=O)CCl)O[C@@H]6CNC(=O)CCl)O[C@@H]5CNC(=O)CCl)O[C@@H]4CNC(=O)CCl)O[C@@H]3CNC(=O)CCl. The van der Waals surface area contributed by atoms with Crippen LogP contribution in [0.1, 0.15) is 0 Å². The van der Waals surface area contributed by atoms with E-state index in [1.807, 2.05) is 0 Å². The Hall–Kier alpha value is -2.80. The topological polar surface area (TPSA) is 616 Å². The smallest absolute Gasteiger partial charge is 0.235 e. The van der Waals surface area contributed by atoms with Crippen LogP contribution in [0.4, 0.5) is 0 Å². The molecule has 0 aromatic rings. The summed E-state index contributed by atoms with van der Waals surface area (Å²) in [5, 5.41) is 184. The second-order valence-electron chi connectivity index (χ2n) is 24.9. The highest BCUT2D eigenvalue weighted by Gasteiger charge is 2.60. The molecule has 0 unspecified atom stereocenters. The van der Waals surface area contributed by atoms with Gasteiger partial charge >= 0.3 is 0 Å². The molecule has 21 aliphatic heterocycles. The van der Waals surface area contributed by atoms with E-state index in [2.05, 4.69) is 37.2 Å². The van der Waals surface area contributed by atoms with Gasteiger partial charge in [-0.1, -0.05) is 0 Å². The number of ether oxygens (including phenoxy) is 14. The number of carbonyl (C=O) groups is 7. The monoisotopic (exact) mass is 1660 g/mol. The molecule has 105 heavy (non-hydrogen) atoms. The number of aliphatic hydroxyl groups excluding tert-OH is 14. The zero-order valence-electron chi connectivity index (χ0n) is 54.6. The van der Waals surface area contributed by atoms with Crippen molar-refractivity contribution in [2.75, 3.05) is 87.0 Å². The molecule has 21 aliphatic rings. The van der Waals surface area contributed by atoms with Crippen molar-refractivity contribution in [3.05, 3.63) is 0 Å². The average Bonchev–Trinajstić information content (AvgIpc) is 0.791. The van der Waals surface area contributed by atoms with E-state index in [-0.39, 0.29) is 0 Å². The molecule has 602 valence electrons. The van der Waals surface area contributed by atoms with E-state index in [4.69, 9.17) is 148 Å². The van der Waals surface area contributed by atoms with Crippen molar-refractivity contribution < 1.29 is 171 Å². The first-order valence-electron chi connectivity index (χ1n) is 32.4. The highest BCUT2D eigenvalue weighted by atomic mass is 35.5. The molecule has 42 nitrogen and oxygen atoms in total. The lowest BCUT2D eigenvalue weighted by molar-refractivity contribution is -0.391. The Morgan fingerprint density at radius 1 is 0.190 bits per heavy atom. The van der Waals surface area contributed by atoms with Crippen LogP contribution in [0.2, 0.25) is 0 Å². The van der Waals surface area contributed by atoms with E-state index < -0.39 is 343 Å². The van der Waals surface area contributed by atoms with Crippen LogP contribution in [0.15, 0.2) is 0 Å². The fraction of sp³-hybridized carbons (Fsp3) is 0.875. The van der Waals surface area contributed by atoms with Crippen LogP contribution < -0.4 is 37.2 Å². The van der Waals surface area contributed by atoms with Crippen LogP contribution in [0, 0.1) is 0 Å². The van der Waals surface area contributed by atoms with E-state index in [1.54, 1.807) is 0 Å². The van der Waals surface area contributed by atoms with Gasteiger partial charge in [-0.15, -0.1) is 81.2 Å². The van der Waals surface area contributed by atoms with Gasteiger partial charge in [-0.3, -0.25) is 33.6 Å². The predicted molar refractivity (Wildman–Crippen MR) is 345 cm³/mol. The number of hydrogen-bond acceptors (Lipinski definition) is 35. The molecule has 0 aromatic heterocycles. The van der Waals surface area contributed by atoms with E-state index in [9.17, 15) is 105 Å². The third-order valence-electron chi connectivity index (χ3n) is 17.9. The number of alkyl halides is 7. The molecule has 7 amide bonds. The number of amides is 7. The van der Waals surface area contributed by atoms with Crippen molar-refractivity contribution in [3.63, 3.8) is 0 Å². The summed E-state index contributed by atoms with van der Waals surface area (Å²) in [4.78, 5) is 89.0. The average molecular weight is 1660 g/mol. The minimum Gasteiger partial charge on any atom is -0.387 e. The van der Waals surface area contributed by atoms with E-state index >= 15 is 0 Å². The number of carbonyl (C=O) groups excluding carboxylic acids is 7. The van der Waals surface area contributed by atoms with Gasteiger partial charge < -0.3 is 175 Å². The highest BCUT2D eigenvalue weighted by Crippen LogP contribution is 2.39. The van der Waals surface area contributed by atoms with Crippen LogP contribution in [-0.4, -0.2) is 415 Å². The summed E-state index contributed by atoms with van der Waals surface area (Å²) in [5.74, 6) is -10.8. The summed E-state index contributed by atoms with van der Waals surface area (Å²) in [5.41, 5.74) is 0. The number of nitrogens with one attached hydrogen (secondary N) is 7. The van der Waals surface area contributed by atoms with Crippen LogP contribution in [-0.2, 0) is 99.9 Å². The van der Waals surface area contributed by atoms with Gasteiger partial charge in [0.25, 0.3) is 0 Å². The molecule has 21 rings (SSSR count). The second kappa shape index (κ2) is 40.6. The minimum absolute atomic E-state index is 0.674. The van der Waals surface area contributed by atoms with Crippen molar-refractivity contribution >= 4 is 123 Å². The number of aliphatic hydroxyl groups is 14. The Balaban J connectivity index is 1.21. The van der Waals surface area contributed by atoms with Crippen molar-refractivity contribution in [3.8, 4) is 0 Å². The fourth-order valence-corrected chi connectivity index (χ4v) is 13.0. The summed E-state index contributed by atoms with van der Waals surface area (Å²) in [7, 11) is 0. The number of rotatable bonds is 21. The first kappa shape index (κ1) is 87.8. The lowest BCUT2D eigenvalue weighted by atomic mass is 9.94. The van der Waals surface area contributed by atoms with E-state index in [0.29, 0.717) is 0 Å². The van der Waals surface area contributed by atoms with Gasteiger partial charge in [0.2, 0.25) is 41.4 Å². The third-order valence-corrected chi connectivity index (χ3v) is 19.6. The van der Waals surface area contributed by atoms with Crippen LogP contribution in [0.3, 0.4) is 0 Å². The molecule has 21 heterocycles. The largest absolute Gasteiger partial charge is 0.387 e. The normalized spacial score (nSPS) is 43.3. The summed E-state index contributed by atoms with van der Waals surface area (Å²) >= 11 is 40.5. The number of halogens is 7. The first-order chi connectivity index (χ1) is 49.9. The molecule has 21 saturated heterocycles. The summed E-state index contributed by atoms with van der Waals surface area (Å²) in [6, 6.07) is 0. The standard InChI is InChI=1S/C56H84Cl7N7O35/c57-1-22(71)64-8-15-43-29(78)36(85)50(92-15)100-44-16(9-65-23(72)2-58)94-52(38(87)31(44)80)102-46-18(11-67-25(74)4-60)96-54(40(89)33(46)82)104-48-20(13-69-27(76)6-62)98-56(42(91)35(48)84)105-49-21(14-70-28(77)7-63)97-55(41(90)34(49)83)103-47-19(12-68-26(75)5-61)95-53(39(88)32(47)81)101-45-17(10-66-24(73)3-59)93-51(99-43)37(86)30(45)79/h15-21,29-56,78-91H,1-14H2,(H,64,71)(H,65,72)(H,66,73)(H,67,74)(H,68,75)(H,69,76)(H,70,77)/t15-,16-,17-,18-,19-,20-,21-,29-,30-,31-,32-,33-,34-,35-,36-,37-,38-,39-,40-,41-,42-,43-,44-,45-,46-,47-,48-,49-,50-,51-,52-,53-,54-,55-,56-/m1/s1. The minimum atomic E-state index is -2.36. The van der Waals surface area contributed by atoms with Gasteiger partial charge in [-0.25, -0.2) is 0 Å². The molecule has 14 bridgehead atoms. The lowest BCUT2D eigenvalue weighted by Crippen LogP contribution is -2.69. The molecule has 0 spiro atoms. The Morgan fingerprint density at radius 2 is 0.295 bits per heavy atom. The van der Waals surface area contributed by atoms with E-state index in [1.165, 1.54) is 0 Å². The van der Waals surface area contributed by atoms with Gasteiger partial charge in [0, 0.05) is 45.8 Å². The second-order valence-corrected chi connectivity index (χ2v) is 26.8. The molecule has 49 heteroatoms. The van der Waals surface area contributed by atoms with Gasteiger partial charge in [0.15, 0.2) is 44.0 Å². The van der Waals surface area contributed by atoms with Crippen LogP contribution in [0.25, 0.3) is 0 Å². The molecule has 0 aliphatic carbocycles. The third kappa shape index (κ3) is 21.7. The van der Waals surface area contributed by atoms with Gasteiger partial charge in [0.1, 0.15) is 212 Å². The maximum atomic E-state index is 12.7. The van der Waals surface area contributed by atoms with Crippen molar-refractivity contribution in [2.24, 2.45) is 0 Å². The quantitative estimate of drug-likeness (QED) is 0.0475. The molecule has 35 atom stereocenters. The summed E-state index contributed by atoms with van der Waals surface area (Å²) in [6.07, 6.45) is -74.8. The fourth-order valence-electron chi connectivity index (χ4n) is 12.4. The van der Waals surface area contributed by atoms with Gasteiger partial charge in [-0.2, -0.15) is 0 Å². The molecule has 21 fully saturated rings. The van der Waals surface area contributed by atoms with Crippen molar-refractivity contribution in [2.45, 2.75) is 215 Å². The van der Waals surface area contributed by atoms with Crippen molar-refractivity contribution in [1.82, 2.24) is 37.2 Å². The van der Waals surface area contributed by atoms with Crippen molar-refractivity contribution in [1.29, 1.82) is 0 Å². The van der Waals surface area contributed by atoms with E-state index in [0.717, 1.165) is 0 Å². The van der Waals surface area contributed by atoms with Gasteiger partial charge in [0.05, 0.1) is 0 Å². The number of hydrogen-bond donors (Lipinski definition) is 21. The molecule has 0 aromatic carbocycles. The Bertz CT molecular complexity index is 2350. The molecule has 0 radical (unpaired) electrons. The first-order valence-corrected chi connectivity index (χ1v) is 36.1. The Labute approximate surface area is 630 Å². The summed E-state index contributed by atoms with van der Waals surface area (Å²) in [6.45, 7) is -5.09. The predicted octanol–water partition coefficient (Wildman–Crippen LogP) is -12.7. The Kier molecular flexibility index (Phi) is 33.9. The lowest BCUT2D eigenvalue weighted by Gasteiger charge is -2.50. The zero-order valence-corrected chi connectivity index (χ0v) is 59.9. The van der Waals surface area contributed by atoms with Gasteiger partial charge in [-0.05, 0) is 0 Å². The van der Waals surface area contributed by atoms with Crippen LogP contribution in [0.5, 0.6) is 0 Å². The molecule has 0 saturated carbocycles. The summed E-state index contributed by atoms with van der Waals surface area (Å²) < 4.78 is 84.9. The maximum Gasteiger partial charge on any atom is 0.235 e. The molecule has 21 N–H and O–H groups in total. The highest BCUT2D eigenvalue weighted by molar-refractivity contribution is 6.29. The Morgan fingerprint density at radius 3 is 0.390 bits per heavy atom. The molecular formula is C56H84Cl7N7O35.